The molecule has 1 aromatic heterocycles. The van der Waals surface area contributed by atoms with E-state index in [1.54, 1.807) is 12.1 Å². The molecule has 1 aromatic carbocycles. The fourth-order valence-corrected chi connectivity index (χ4v) is 4.06. The Balaban J connectivity index is 1.20. The van der Waals surface area contributed by atoms with E-state index in [4.69, 9.17) is 14.0 Å². The maximum Gasteiger partial charge on any atom is 0.258 e. The van der Waals surface area contributed by atoms with Gasteiger partial charge in [-0.2, -0.15) is 0 Å². The summed E-state index contributed by atoms with van der Waals surface area (Å²) in [7, 11) is 0. The van der Waals surface area contributed by atoms with Gasteiger partial charge in [0.2, 0.25) is 0 Å². The summed E-state index contributed by atoms with van der Waals surface area (Å²) in [4.78, 5) is 14.4. The Morgan fingerprint density at radius 3 is 2.88 bits per heavy atom. The largest absolute Gasteiger partial charge is 0.484 e. The lowest BCUT2D eigenvalue weighted by Gasteiger charge is -2.33. The summed E-state index contributed by atoms with van der Waals surface area (Å²) in [6.45, 7) is 4.92. The molecule has 0 spiro atoms. The summed E-state index contributed by atoms with van der Waals surface area (Å²) in [5, 5.41) is 20.6. The van der Waals surface area contributed by atoms with Crippen LogP contribution in [0.5, 0.6) is 5.75 Å². The molecule has 0 bridgehead atoms. The Kier molecular flexibility index (Phi) is 8.11. The first-order valence-electron chi connectivity index (χ1n) is 11.3. The molecule has 4 rings (SSSR count). The molecular weight excluding hydrogens is 412 g/mol. The number of benzene rings is 1. The third-order valence-electron chi connectivity index (χ3n) is 5.83. The van der Waals surface area contributed by atoms with Crippen LogP contribution < -0.4 is 15.4 Å². The van der Waals surface area contributed by atoms with Crippen LogP contribution in [0.25, 0.3) is 0 Å². The number of aromatic nitrogens is 1. The van der Waals surface area contributed by atoms with Crippen LogP contribution in [0.3, 0.4) is 0 Å². The summed E-state index contributed by atoms with van der Waals surface area (Å²) >= 11 is 0. The molecule has 9 nitrogen and oxygen atoms in total. The fourth-order valence-electron chi connectivity index (χ4n) is 4.06. The first-order valence-corrected chi connectivity index (χ1v) is 11.3. The van der Waals surface area contributed by atoms with Gasteiger partial charge in [0.1, 0.15) is 11.9 Å². The predicted molar refractivity (Wildman–Crippen MR) is 117 cm³/mol. The van der Waals surface area contributed by atoms with Gasteiger partial charge in [0.15, 0.2) is 12.4 Å². The van der Waals surface area contributed by atoms with Gasteiger partial charge < -0.3 is 29.7 Å². The Labute approximate surface area is 188 Å². The van der Waals surface area contributed by atoms with E-state index in [1.165, 1.54) is 0 Å². The van der Waals surface area contributed by atoms with Crippen molar-refractivity contribution in [2.75, 3.05) is 39.3 Å². The summed E-state index contributed by atoms with van der Waals surface area (Å²) in [6, 6.07) is 11.2. The molecule has 0 radical (unpaired) electrons. The van der Waals surface area contributed by atoms with E-state index in [0.717, 1.165) is 50.6 Å². The van der Waals surface area contributed by atoms with Crippen molar-refractivity contribution in [1.82, 2.24) is 20.7 Å². The monoisotopic (exact) mass is 444 g/mol. The van der Waals surface area contributed by atoms with Gasteiger partial charge in [0.05, 0.1) is 24.4 Å². The Morgan fingerprint density at radius 2 is 2.06 bits per heavy atom. The first-order chi connectivity index (χ1) is 15.7. The number of carbonyl (C=O) groups is 1. The topological polar surface area (TPSA) is 109 Å². The molecule has 9 heteroatoms. The second-order valence-electron chi connectivity index (χ2n) is 8.36. The highest BCUT2D eigenvalue weighted by atomic mass is 16.5. The second-order valence-corrected chi connectivity index (χ2v) is 8.36. The van der Waals surface area contributed by atoms with Gasteiger partial charge >= 0.3 is 0 Å². The van der Waals surface area contributed by atoms with Crippen molar-refractivity contribution in [1.29, 1.82) is 0 Å². The van der Waals surface area contributed by atoms with Gasteiger partial charge in [-0.05, 0) is 25.0 Å². The Hall–Kier alpha value is -2.46. The number of hydrogen-bond acceptors (Lipinski definition) is 8. The van der Waals surface area contributed by atoms with E-state index in [-0.39, 0.29) is 25.2 Å². The molecular formula is C23H32N4O5. The molecule has 2 aliphatic heterocycles. The number of nitrogens with zero attached hydrogens (tertiary/aromatic N) is 2. The van der Waals surface area contributed by atoms with Crippen LogP contribution in [0.4, 0.5) is 0 Å². The lowest BCUT2D eigenvalue weighted by Crippen LogP contribution is -2.47. The van der Waals surface area contributed by atoms with Crippen molar-refractivity contribution in [3.05, 3.63) is 47.9 Å². The number of carbonyl (C=O) groups excluding carboxylic acids is 1. The summed E-state index contributed by atoms with van der Waals surface area (Å²) < 4.78 is 17.0. The molecule has 3 unspecified atom stereocenters. The van der Waals surface area contributed by atoms with Crippen LogP contribution in [0.15, 0.2) is 40.9 Å². The molecule has 1 amide bonds. The van der Waals surface area contributed by atoms with Crippen LogP contribution in [-0.4, -0.2) is 78.7 Å². The molecule has 3 heterocycles. The molecule has 0 saturated carbocycles. The third kappa shape index (κ3) is 6.77. The number of aliphatic hydroxyl groups is 1. The average molecular weight is 445 g/mol. The van der Waals surface area contributed by atoms with E-state index in [9.17, 15) is 9.90 Å². The van der Waals surface area contributed by atoms with Crippen molar-refractivity contribution >= 4 is 5.91 Å². The van der Waals surface area contributed by atoms with Crippen LogP contribution >= 0.6 is 0 Å². The predicted octanol–water partition coefficient (Wildman–Crippen LogP) is 0.726. The lowest BCUT2D eigenvalue weighted by molar-refractivity contribution is -0.130. The van der Waals surface area contributed by atoms with Gasteiger partial charge in [-0.1, -0.05) is 23.4 Å². The van der Waals surface area contributed by atoms with Crippen LogP contribution in [-0.2, 0) is 22.5 Å². The molecule has 2 fully saturated rings. The molecule has 2 aliphatic rings. The first kappa shape index (κ1) is 22.7. The number of ether oxygens (including phenoxy) is 2. The zero-order valence-corrected chi connectivity index (χ0v) is 18.2. The highest BCUT2D eigenvalue weighted by Crippen LogP contribution is 2.23. The SMILES string of the molecule is O=C(COc1ccccc1)NCC1OC(Cc2cc(CN3CCNCC3)on2)CCC1O. The summed E-state index contributed by atoms with van der Waals surface area (Å²) in [6.07, 6.45) is 0.848. The standard InChI is InChI=1S/C23H32N4O5/c28-21-7-6-19(12-17-13-20(32-26-17)15-27-10-8-24-9-11-27)31-22(21)14-25-23(29)16-30-18-4-2-1-3-5-18/h1-5,13,19,21-22,24,28H,6-12,14-16H2,(H,25,29). The smallest absolute Gasteiger partial charge is 0.258 e. The average Bonchev–Trinajstić information content (AvgIpc) is 3.26. The lowest BCUT2D eigenvalue weighted by atomic mass is 9.98. The van der Waals surface area contributed by atoms with E-state index >= 15 is 0 Å². The normalized spacial score (nSPS) is 24.2. The molecule has 32 heavy (non-hydrogen) atoms. The number of piperazine rings is 1. The van der Waals surface area contributed by atoms with Gasteiger partial charge in [0, 0.05) is 45.2 Å². The molecule has 2 aromatic rings. The maximum absolute atomic E-state index is 12.1. The minimum absolute atomic E-state index is 0.0713. The van der Waals surface area contributed by atoms with Crippen molar-refractivity contribution in [3.63, 3.8) is 0 Å². The number of para-hydroxylation sites is 1. The number of nitrogens with one attached hydrogen (secondary N) is 2. The van der Waals surface area contributed by atoms with Gasteiger partial charge in [-0.15, -0.1) is 0 Å². The van der Waals surface area contributed by atoms with E-state index in [1.807, 2.05) is 24.3 Å². The second kappa shape index (κ2) is 11.4. The minimum atomic E-state index is -0.609. The van der Waals surface area contributed by atoms with Crippen LogP contribution in [0.1, 0.15) is 24.3 Å². The van der Waals surface area contributed by atoms with Crippen LogP contribution in [0, 0.1) is 0 Å². The number of hydrogen-bond donors (Lipinski definition) is 3. The molecule has 3 atom stereocenters. The minimum Gasteiger partial charge on any atom is -0.484 e. The quantitative estimate of drug-likeness (QED) is 0.519. The summed E-state index contributed by atoms with van der Waals surface area (Å²) in [5.41, 5.74) is 0.857. The Bertz CT molecular complexity index is 840. The fraction of sp³-hybridized carbons (Fsp3) is 0.565. The number of rotatable bonds is 9. The van der Waals surface area contributed by atoms with E-state index < -0.39 is 12.2 Å². The van der Waals surface area contributed by atoms with Crippen molar-refractivity contribution < 1.29 is 23.9 Å². The van der Waals surface area contributed by atoms with Gasteiger partial charge in [-0.3, -0.25) is 9.69 Å². The molecule has 0 aliphatic carbocycles. The van der Waals surface area contributed by atoms with Gasteiger partial charge in [-0.25, -0.2) is 0 Å². The van der Waals surface area contributed by atoms with E-state index in [2.05, 4.69) is 20.7 Å². The van der Waals surface area contributed by atoms with Crippen molar-refractivity contribution in [2.45, 2.75) is 44.1 Å². The highest BCUT2D eigenvalue weighted by Gasteiger charge is 2.31. The summed E-state index contributed by atoms with van der Waals surface area (Å²) in [5.74, 6) is 1.25. The van der Waals surface area contributed by atoms with Crippen molar-refractivity contribution in [2.24, 2.45) is 0 Å². The number of aliphatic hydroxyl groups excluding tert-OH is 1. The van der Waals surface area contributed by atoms with Crippen molar-refractivity contribution in [3.8, 4) is 5.75 Å². The van der Waals surface area contributed by atoms with Gasteiger partial charge in [0.25, 0.3) is 5.91 Å². The van der Waals surface area contributed by atoms with E-state index in [0.29, 0.717) is 18.6 Å². The molecule has 2 saturated heterocycles. The molecule has 3 N–H and O–H groups in total. The third-order valence-corrected chi connectivity index (χ3v) is 5.83. The zero-order chi connectivity index (χ0) is 22.2. The highest BCUT2D eigenvalue weighted by molar-refractivity contribution is 5.77. The van der Waals surface area contributed by atoms with Crippen LogP contribution in [0.2, 0.25) is 0 Å². The maximum atomic E-state index is 12.1. The molecule has 174 valence electrons. The number of amides is 1. The zero-order valence-electron chi connectivity index (χ0n) is 18.2. The Morgan fingerprint density at radius 1 is 1.25 bits per heavy atom.